The second-order valence-electron chi connectivity index (χ2n) is 8.15. The van der Waals surface area contributed by atoms with Crippen molar-refractivity contribution in [2.45, 2.75) is 81.2 Å². The van der Waals surface area contributed by atoms with E-state index in [1.165, 1.54) is 25.0 Å². The first kappa shape index (κ1) is 23.0. The molecule has 1 aromatic carbocycles. The average Bonchev–Trinajstić information content (AvgIpc) is 2.73. The van der Waals surface area contributed by atoms with Crippen LogP contribution in [0.1, 0.15) is 74.6 Å². The highest BCUT2D eigenvalue weighted by atomic mass is 35.5. The van der Waals surface area contributed by atoms with E-state index in [1.54, 1.807) is 0 Å². The van der Waals surface area contributed by atoms with Gasteiger partial charge >= 0.3 is 5.97 Å². The van der Waals surface area contributed by atoms with Crippen molar-refractivity contribution in [3.8, 4) is 0 Å². The summed E-state index contributed by atoms with van der Waals surface area (Å²) in [6.45, 7) is -0.387. The van der Waals surface area contributed by atoms with Crippen molar-refractivity contribution in [1.82, 2.24) is 4.90 Å². The lowest BCUT2D eigenvalue weighted by atomic mass is 9.88. The molecule has 2 saturated carbocycles. The fraction of sp³-hybridized carbons (Fsp3) is 0.619. The summed E-state index contributed by atoms with van der Waals surface area (Å²) >= 11 is 6.03. The van der Waals surface area contributed by atoms with E-state index in [4.69, 9.17) is 21.5 Å². The number of esters is 1. The molecule has 0 aromatic heterocycles. The third-order valence-electron chi connectivity index (χ3n) is 6.04. The number of carbonyl (C=O) groups is 2. The summed E-state index contributed by atoms with van der Waals surface area (Å²) in [6, 6.07) is 3.96. The van der Waals surface area contributed by atoms with E-state index in [-0.39, 0.29) is 40.1 Å². The van der Waals surface area contributed by atoms with Gasteiger partial charge in [-0.1, -0.05) is 50.1 Å². The number of benzene rings is 1. The predicted molar refractivity (Wildman–Crippen MR) is 114 cm³/mol. The Balaban J connectivity index is 1.70. The molecule has 2 aliphatic carbocycles. The minimum absolute atomic E-state index is 0.0382. The zero-order valence-corrected chi connectivity index (χ0v) is 18.6. The molecule has 2 N–H and O–H groups in total. The molecule has 0 aliphatic heterocycles. The molecule has 1 aromatic rings. The SMILES string of the molecule is NS(=O)(=O)c1ccc(Cl)c(C(=O)OCC(=O)N(C2CCCCC2)C2CCCCC2)c1. The Kier molecular flexibility index (Phi) is 7.76. The van der Waals surface area contributed by atoms with Crippen LogP contribution in [0.2, 0.25) is 5.02 Å². The number of ether oxygens (including phenoxy) is 1. The molecular weight excluding hydrogens is 428 g/mol. The summed E-state index contributed by atoms with van der Waals surface area (Å²) in [7, 11) is -3.99. The van der Waals surface area contributed by atoms with Crippen molar-refractivity contribution >= 4 is 33.5 Å². The van der Waals surface area contributed by atoms with Crippen LogP contribution in [0.3, 0.4) is 0 Å². The van der Waals surface area contributed by atoms with Crippen LogP contribution < -0.4 is 5.14 Å². The quantitative estimate of drug-likeness (QED) is 0.657. The zero-order valence-electron chi connectivity index (χ0n) is 17.0. The number of nitrogens with zero attached hydrogens (tertiary/aromatic N) is 1. The van der Waals surface area contributed by atoms with Gasteiger partial charge in [0.2, 0.25) is 10.0 Å². The van der Waals surface area contributed by atoms with Gasteiger partial charge in [0.15, 0.2) is 6.61 Å². The standard InChI is InChI=1S/C21H29ClN2O5S/c22-19-12-11-17(30(23,27)28)13-18(19)21(26)29-14-20(25)24(15-7-3-1-4-8-15)16-9-5-2-6-10-16/h11-13,15-16H,1-10,14H2,(H2,23,27,28). The second kappa shape index (κ2) is 10.1. The van der Waals surface area contributed by atoms with Gasteiger partial charge in [-0.05, 0) is 43.9 Å². The van der Waals surface area contributed by atoms with E-state index in [1.807, 2.05) is 4.90 Å². The van der Waals surface area contributed by atoms with Gasteiger partial charge in [-0.25, -0.2) is 18.4 Å². The van der Waals surface area contributed by atoms with Crippen molar-refractivity contribution < 1.29 is 22.7 Å². The molecule has 30 heavy (non-hydrogen) atoms. The summed E-state index contributed by atoms with van der Waals surface area (Å²) < 4.78 is 28.3. The number of hydrogen-bond acceptors (Lipinski definition) is 5. The Hall–Kier alpha value is -1.64. The van der Waals surface area contributed by atoms with Crippen LogP contribution in [-0.4, -0.2) is 43.9 Å². The Morgan fingerprint density at radius 3 is 2.03 bits per heavy atom. The van der Waals surface area contributed by atoms with E-state index in [9.17, 15) is 18.0 Å². The summed E-state index contributed by atoms with van der Waals surface area (Å²) in [4.78, 5) is 27.3. The Morgan fingerprint density at radius 1 is 1.00 bits per heavy atom. The molecule has 0 saturated heterocycles. The van der Waals surface area contributed by atoms with E-state index in [0.717, 1.165) is 57.4 Å². The van der Waals surface area contributed by atoms with Gasteiger partial charge in [0.1, 0.15) is 0 Å². The summed E-state index contributed by atoms with van der Waals surface area (Å²) in [5, 5.41) is 5.16. The van der Waals surface area contributed by atoms with Gasteiger partial charge in [-0.3, -0.25) is 4.79 Å². The molecule has 2 fully saturated rings. The maximum Gasteiger partial charge on any atom is 0.340 e. The number of primary sulfonamides is 1. The molecule has 0 bridgehead atoms. The van der Waals surface area contributed by atoms with E-state index >= 15 is 0 Å². The molecular formula is C21H29ClN2O5S. The van der Waals surface area contributed by atoms with E-state index < -0.39 is 16.0 Å². The molecule has 166 valence electrons. The molecule has 2 aliphatic rings. The third-order valence-corrected chi connectivity index (χ3v) is 7.28. The van der Waals surface area contributed by atoms with Crippen molar-refractivity contribution in [3.05, 3.63) is 28.8 Å². The fourth-order valence-corrected chi connectivity index (χ4v) is 5.28. The highest BCUT2D eigenvalue weighted by molar-refractivity contribution is 7.89. The van der Waals surface area contributed by atoms with Crippen LogP contribution in [0.4, 0.5) is 0 Å². The molecule has 0 radical (unpaired) electrons. The number of carbonyl (C=O) groups excluding carboxylic acids is 2. The monoisotopic (exact) mass is 456 g/mol. The lowest BCUT2D eigenvalue weighted by Crippen LogP contribution is -2.50. The predicted octanol–water partition coefficient (Wildman–Crippen LogP) is 3.64. The van der Waals surface area contributed by atoms with E-state index in [2.05, 4.69) is 0 Å². The fourth-order valence-electron chi connectivity index (χ4n) is 4.54. The van der Waals surface area contributed by atoms with Gasteiger partial charge in [-0.15, -0.1) is 0 Å². The Labute approximate surface area is 182 Å². The highest BCUT2D eigenvalue weighted by Gasteiger charge is 2.33. The van der Waals surface area contributed by atoms with Crippen LogP contribution in [0.15, 0.2) is 23.1 Å². The van der Waals surface area contributed by atoms with Crippen molar-refractivity contribution in [2.75, 3.05) is 6.61 Å². The van der Waals surface area contributed by atoms with Crippen LogP contribution in [0.25, 0.3) is 0 Å². The molecule has 7 nitrogen and oxygen atoms in total. The number of nitrogens with two attached hydrogens (primary N) is 1. The molecule has 0 unspecified atom stereocenters. The molecule has 9 heteroatoms. The van der Waals surface area contributed by atoms with Crippen LogP contribution in [0.5, 0.6) is 0 Å². The Bertz CT molecular complexity index is 859. The average molecular weight is 457 g/mol. The number of amides is 1. The molecule has 1 amide bonds. The normalized spacial score (nSPS) is 18.7. The van der Waals surface area contributed by atoms with Crippen LogP contribution in [-0.2, 0) is 19.6 Å². The summed E-state index contributed by atoms with van der Waals surface area (Å²) in [6.07, 6.45) is 10.8. The van der Waals surface area contributed by atoms with Crippen molar-refractivity contribution in [1.29, 1.82) is 0 Å². The van der Waals surface area contributed by atoms with Gasteiger partial charge < -0.3 is 9.64 Å². The number of rotatable bonds is 6. The summed E-state index contributed by atoms with van der Waals surface area (Å²) in [5.74, 6) is -1.04. The van der Waals surface area contributed by atoms with Crippen LogP contribution >= 0.6 is 11.6 Å². The molecule has 0 atom stereocenters. The molecule has 0 heterocycles. The van der Waals surface area contributed by atoms with E-state index in [0.29, 0.717) is 0 Å². The largest absolute Gasteiger partial charge is 0.452 e. The third kappa shape index (κ3) is 5.74. The first-order valence-electron chi connectivity index (χ1n) is 10.6. The highest BCUT2D eigenvalue weighted by Crippen LogP contribution is 2.30. The molecule has 0 spiro atoms. The first-order chi connectivity index (χ1) is 14.3. The summed E-state index contributed by atoms with van der Waals surface area (Å²) in [5.41, 5.74) is -0.127. The maximum atomic E-state index is 13.1. The Morgan fingerprint density at radius 2 is 1.53 bits per heavy atom. The zero-order chi connectivity index (χ0) is 21.7. The maximum absolute atomic E-state index is 13.1. The van der Waals surface area contributed by atoms with Gasteiger partial charge in [0.25, 0.3) is 5.91 Å². The van der Waals surface area contributed by atoms with Gasteiger partial charge in [0.05, 0.1) is 15.5 Å². The van der Waals surface area contributed by atoms with Gasteiger partial charge in [0, 0.05) is 12.1 Å². The number of sulfonamides is 1. The number of hydrogen-bond donors (Lipinski definition) is 1. The first-order valence-corrected chi connectivity index (χ1v) is 12.5. The van der Waals surface area contributed by atoms with Crippen molar-refractivity contribution in [3.63, 3.8) is 0 Å². The lowest BCUT2D eigenvalue weighted by molar-refractivity contribution is -0.141. The minimum Gasteiger partial charge on any atom is -0.452 e. The van der Waals surface area contributed by atoms with Crippen molar-refractivity contribution in [2.24, 2.45) is 5.14 Å². The van der Waals surface area contributed by atoms with Gasteiger partial charge in [-0.2, -0.15) is 0 Å². The lowest BCUT2D eigenvalue weighted by Gasteiger charge is -2.41. The second-order valence-corrected chi connectivity index (χ2v) is 10.1. The topological polar surface area (TPSA) is 107 Å². The number of halogens is 1. The minimum atomic E-state index is -3.99. The molecule has 3 rings (SSSR count). The smallest absolute Gasteiger partial charge is 0.340 e. The van der Waals surface area contributed by atoms with Crippen LogP contribution in [0, 0.1) is 0 Å².